The maximum absolute atomic E-state index is 13.2. The summed E-state index contributed by atoms with van der Waals surface area (Å²) in [6, 6.07) is 18.2. The standard InChI is InChI=1S/C26H25FN4O3/c1-26(2,3)34-25(33)28-19-10-12-20(13-11-19)31(4)24(32)17-7-14-21-22(15-17)30-23(29-21)16-5-8-18(27)9-6-16/h5-15H,1-4H3,(H,28,33)(H,29,30). The molecule has 2 amide bonds. The molecular weight excluding hydrogens is 435 g/mol. The molecule has 8 heteroatoms. The van der Waals surface area contributed by atoms with Gasteiger partial charge in [-0.1, -0.05) is 0 Å². The van der Waals surface area contributed by atoms with Crippen LogP contribution in [0.15, 0.2) is 66.7 Å². The van der Waals surface area contributed by atoms with Crippen LogP contribution in [0.4, 0.5) is 20.6 Å². The summed E-state index contributed by atoms with van der Waals surface area (Å²) in [6.45, 7) is 5.38. The van der Waals surface area contributed by atoms with E-state index in [9.17, 15) is 14.0 Å². The number of ether oxygens (including phenoxy) is 1. The first-order valence-corrected chi connectivity index (χ1v) is 10.7. The van der Waals surface area contributed by atoms with Gasteiger partial charge in [-0.15, -0.1) is 0 Å². The number of anilines is 2. The second-order valence-electron chi connectivity index (χ2n) is 8.86. The van der Waals surface area contributed by atoms with Crippen LogP contribution < -0.4 is 10.2 Å². The number of H-pyrrole nitrogens is 1. The monoisotopic (exact) mass is 460 g/mol. The number of rotatable bonds is 4. The summed E-state index contributed by atoms with van der Waals surface area (Å²) in [5, 5.41) is 2.67. The van der Waals surface area contributed by atoms with Crippen LogP contribution in [0.25, 0.3) is 22.4 Å². The summed E-state index contributed by atoms with van der Waals surface area (Å²) in [4.78, 5) is 34.3. The number of aromatic amines is 1. The summed E-state index contributed by atoms with van der Waals surface area (Å²) in [7, 11) is 1.68. The number of hydrogen-bond acceptors (Lipinski definition) is 4. The lowest BCUT2D eigenvalue weighted by atomic mass is 10.1. The molecule has 0 aliphatic rings. The molecule has 174 valence electrons. The minimum atomic E-state index is -0.591. The number of nitrogens with one attached hydrogen (secondary N) is 2. The molecule has 0 aliphatic carbocycles. The highest BCUT2D eigenvalue weighted by atomic mass is 19.1. The highest BCUT2D eigenvalue weighted by Crippen LogP contribution is 2.24. The Balaban J connectivity index is 1.49. The average molecular weight is 461 g/mol. The number of carbonyl (C=O) groups is 2. The number of aromatic nitrogens is 2. The van der Waals surface area contributed by atoms with Gasteiger partial charge >= 0.3 is 6.09 Å². The van der Waals surface area contributed by atoms with Crippen molar-refractivity contribution in [2.75, 3.05) is 17.3 Å². The topological polar surface area (TPSA) is 87.3 Å². The molecule has 0 fully saturated rings. The largest absolute Gasteiger partial charge is 0.444 e. The molecular formula is C26H25FN4O3. The molecule has 4 aromatic rings. The van der Waals surface area contributed by atoms with Crippen molar-refractivity contribution in [2.24, 2.45) is 0 Å². The lowest BCUT2D eigenvalue weighted by Gasteiger charge is -2.20. The zero-order valence-corrected chi connectivity index (χ0v) is 19.3. The molecule has 0 spiro atoms. The Morgan fingerprint density at radius 2 is 1.68 bits per heavy atom. The Labute approximate surface area is 196 Å². The van der Waals surface area contributed by atoms with Gasteiger partial charge in [-0.3, -0.25) is 10.1 Å². The molecule has 0 bridgehead atoms. The quantitative estimate of drug-likeness (QED) is 0.391. The van der Waals surface area contributed by atoms with E-state index in [2.05, 4.69) is 15.3 Å². The number of carbonyl (C=O) groups excluding carboxylic acids is 2. The first-order chi connectivity index (χ1) is 16.1. The molecule has 0 saturated heterocycles. The third kappa shape index (κ3) is 5.23. The van der Waals surface area contributed by atoms with Crippen LogP contribution >= 0.6 is 0 Å². The molecule has 0 saturated carbocycles. The minimum Gasteiger partial charge on any atom is -0.444 e. The number of nitrogens with zero attached hydrogens (tertiary/aromatic N) is 2. The Hall–Kier alpha value is -4.20. The lowest BCUT2D eigenvalue weighted by Crippen LogP contribution is -2.27. The third-order valence-corrected chi connectivity index (χ3v) is 5.05. The van der Waals surface area contributed by atoms with Crippen molar-refractivity contribution in [1.29, 1.82) is 0 Å². The Kier molecular flexibility index (Phi) is 6.06. The Morgan fingerprint density at radius 1 is 1.00 bits per heavy atom. The number of hydrogen-bond donors (Lipinski definition) is 2. The van der Waals surface area contributed by atoms with Gasteiger partial charge in [0.15, 0.2) is 0 Å². The number of benzene rings is 3. The lowest BCUT2D eigenvalue weighted by molar-refractivity contribution is 0.0635. The molecule has 1 aromatic heterocycles. The van der Waals surface area contributed by atoms with Crippen molar-refractivity contribution < 1.29 is 18.7 Å². The van der Waals surface area contributed by atoms with E-state index in [1.54, 1.807) is 82.4 Å². The SMILES string of the molecule is CN(C(=O)c1ccc2nc(-c3ccc(F)cc3)[nH]c2c1)c1ccc(NC(=O)OC(C)(C)C)cc1. The maximum Gasteiger partial charge on any atom is 0.412 e. The fraction of sp³-hybridized carbons (Fsp3) is 0.192. The van der Waals surface area contributed by atoms with Crippen LogP contribution in [-0.2, 0) is 4.74 Å². The first kappa shape index (κ1) is 23.0. The second-order valence-corrected chi connectivity index (χ2v) is 8.86. The van der Waals surface area contributed by atoms with Crippen LogP contribution in [0.5, 0.6) is 0 Å². The van der Waals surface area contributed by atoms with Crippen molar-refractivity contribution in [3.05, 3.63) is 78.1 Å². The van der Waals surface area contributed by atoms with Crippen LogP contribution in [0.2, 0.25) is 0 Å². The Morgan fingerprint density at radius 3 is 2.32 bits per heavy atom. The predicted molar refractivity (Wildman–Crippen MR) is 131 cm³/mol. The van der Waals surface area contributed by atoms with Crippen molar-refractivity contribution >= 4 is 34.4 Å². The molecule has 0 aliphatic heterocycles. The predicted octanol–water partition coefficient (Wildman–Crippen LogP) is 5.99. The minimum absolute atomic E-state index is 0.201. The van der Waals surface area contributed by atoms with Gasteiger partial charge in [0.2, 0.25) is 0 Å². The summed E-state index contributed by atoms with van der Waals surface area (Å²) >= 11 is 0. The zero-order chi connectivity index (χ0) is 24.5. The van der Waals surface area contributed by atoms with E-state index in [1.165, 1.54) is 17.0 Å². The maximum atomic E-state index is 13.2. The molecule has 2 N–H and O–H groups in total. The molecule has 4 rings (SSSR count). The number of halogens is 1. The van der Waals surface area contributed by atoms with Gasteiger partial charge in [0.1, 0.15) is 17.2 Å². The van der Waals surface area contributed by atoms with E-state index in [1.807, 2.05) is 0 Å². The third-order valence-electron chi connectivity index (χ3n) is 5.05. The smallest absolute Gasteiger partial charge is 0.412 e. The van der Waals surface area contributed by atoms with Crippen molar-refractivity contribution in [2.45, 2.75) is 26.4 Å². The van der Waals surface area contributed by atoms with E-state index < -0.39 is 11.7 Å². The van der Waals surface area contributed by atoms with Crippen LogP contribution in [0, 0.1) is 5.82 Å². The highest BCUT2D eigenvalue weighted by Gasteiger charge is 2.18. The van der Waals surface area contributed by atoms with E-state index in [-0.39, 0.29) is 11.7 Å². The van der Waals surface area contributed by atoms with Gasteiger partial charge in [-0.05, 0) is 87.5 Å². The van der Waals surface area contributed by atoms with Gasteiger partial charge in [0.05, 0.1) is 11.0 Å². The number of imidazole rings is 1. The van der Waals surface area contributed by atoms with E-state index in [0.717, 1.165) is 5.56 Å². The fourth-order valence-corrected chi connectivity index (χ4v) is 3.39. The molecule has 34 heavy (non-hydrogen) atoms. The van der Waals surface area contributed by atoms with Crippen LogP contribution in [-0.4, -0.2) is 34.6 Å². The van der Waals surface area contributed by atoms with Crippen molar-refractivity contribution in [1.82, 2.24) is 9.97 Å². The van der Waals surface area contributed by atoms with Gasteiger partial charge in [0.25, 0.3) is 5.91 Å². The molecule has 7 nitrogen and oxygen atoms in total. The molecule has 0 atom stereocenters. The average Bonchev–Trinajstić information content (AvgIpc) is 3.21. The summed E-state index contributed by atoms with van der Waals surface area (Å²) in [6.07, 6.45) is -0.544. The highest BCUT2D eigenvalue weighted by molar-refractivity contribution is 6.07. The fourth-order valence-electron chi connectivity index (χ4n) is 3.39. The van der Waals surface area contributed by atoms with Crippen molar-refractivity contribution in [3.63, 3.8) is 0 Å². The van der Waals surface area contributed by atoms with Crippen LogP contribution in [0.1, 0.15) is 31.1 Å². The number of amides is 2. The normalized spacial score (nSPS) is 11.3. The van der Waals surface area contributed by atoms with E-state index in [4.69, 9.17) is 4.74 Å². The molecule has 0 radical (unpaired) electrons. The van der Waals surface area contributed by atoms with Gasteiger partial charge < -0.3 is 14.6 Å². The number of fused-ring (bicyclic) bond motifs is 1. The molecule has 0 unspecified atom stereocenters. The molecule has 3 aromatic carbocycles. The first-order valence-electron chi connectivity index (χ1n) is 10.7. The van der Waals surface area contributed by atoms with E-state index >= 15 is 0 Å². The van der Waals surface area contributed by atoms with Gasteiger partial charge in [0, 0.05) is 29.5 Å². The van der Waals surface area contributed by atoms with Gasteiger partial charge in [-0.25, -0.2) is 14.2 Å². The summed E-state index contributed by atoms with van der Waals surface area (Å²) < 4.78 is 18.5. The van der Waals surface area contributed by atoms with Crippen molar-refractivity contribution in [3.8, 4) is 11.4 Å². The second kappa shape index (κ2) is 8.97. The molecule has 1 heterocycles. The summed E-state index contributed by atoms with van der Waals surface area (Å²) in [5.74, 6) is 0.0816. The Bertz CT molecular complexity index is 1340. The van der Waals surface area contributed by atoms with Gasteiger partial charge in [-0.2, -0.15) is 0 Å². The van der Waals surface area contributed by atoms with E-state index in [0.29, 0.717) is 33.8 Å². The zero-order valence-electron chi connectivity index (χ0n) is 19.3. The van der Waals surface area contributed by atoms with Crippen LogP contribution in [0.3, 0.4) is 0 Å². The summed E-state index contributed by atoms with van der Waals surface area (Å²) in [5.41, 5.74) is 3.28.